The average Bonchev–Trinajstić information content (AvgIpc) is 3.20. The second-order valence-corrected chi connectivity index (χ2v) is 8.08. The maximum atomic E-state index is 4.84. The maximum absolute atomic E-state index is 4.84. The van der Waals surface area contributed by atoms with E-state index in [1.54, 1.807) is 0 Å². The molecule has 30 heavy (non-hydrogen) atoms. The van der Waals surface area contributed by atoms with Crippen LogP contribution in [0, 0.1) is 0 Å². The van der Waals surface area contributed by atoms with Gasteiger partial charge >= 0.3 is 0 Å². The molecule has 5 heteroatoms. The van der Waals surface area contributed by atoms with E-state index in [9.17, 15) is 0 Å². The molecule has 0 aliphatic rings. The molecule has 0 saturated heterocycles. The van der Waals surface area contributed by atoms with Crippen LogP contribution in [0.4, 0.5) is 0 Å². The van der Waals surface area contributed by atoms with E-state index in [-0.39, 0.29) is 5.41 Å². The topological polar surface area (TPSA) is 54.2 Å². The minimum Gasteiger partial charge on any atom is -0.357 e. The molecule has 0 radical (unpaired) electrons. The number of guanidine groups is 1. The molecule has 0 atom stereocenters. The lowest BCUT2D eigenvalue weighted by Crippen LogP contribution is -2.39. The molecular weight excluding hydrogens is 370 g/mol. The first kappa shape index (κ1) is 21.6. The van der Waals surface area contributed by atoms with Gasteiger partial charge in [-0.2, -0.15) is 0 Å². The smallest absolute Gasteiger partial charge is 0.191 e. The summed E-state index contributed by atoms with van der Waals surface area (Å²) in [6, 6.07) is 21.0. The predicted octanol–water partition coefficient (Wildman–Crippen LogP) is 4.01. The number of nitrogens with one attached hydrogen (secondary N) is 2. The number of benzene rings is 2. The van der Waals surface area contributed by atoms with E-state index in [4.69, 9.17) is 4.99 Å². The van der Waals surface area contributed by atoms with E-state index in [0.29, 0.717) is 0 Å². The molecule has 3 rings (SSSR count). The molecule has 0 bridgehead atoms. The normalized spacial score (nSPS) is 12.0. The summed E-state index contributed by atoms with van der Waals surface area (Å²) in [5.74, 6) is 1.93. The molecule has 0 spiro atoms. The number of aliphatic imine (C=N–C) groups is 1. The Balaban J connectivity index is 1.57. The Hall–Kier alpha value is -3.08. The zero-order valence-corrected chi connectivity index (χ0v) is 18.3. The van der Waals surface area contributed by atoms with Gasteiger partial charge in [0.05, 0.1) is 6.54 Å². The molecule has 5 nitrogen and oxygen atoms in total. The molecule has 2 N–H and O–H groups in total. The number of aromatic nitrogens is 2. The van der Waals surface area contributed by atoms with E-state index in [2.05, 4.69) is 95.6 Å². The van der Waals surface area contributed by atoms with Gasteiger partial charge in [0.15, 0.2) is 5.96 Å². The number of rotatable bonds is 9. The summed E-state index contributed by atoms with van der Waals surface area (Å²) in [5, 5.41) is 6.81. The fourth-order valence-corrected chi connectivity index (χ4v) is 3.38. The molecule has 0 unspecified atom stereocenters. The summed E-state index contributed by atoms with van der Waals surface area (Å²) in [6.45, 7) is 9.73. The molecule has 0 aliphatic carbocycles. The molecule has 0 saturated carbocycles. The number of hydrogen-bond acceptors (Lipinski definition) is 2. The maximum Gasteiger partial charge on any atom is 0.191 e. The van der Waals surface area contributed by atoms with Gasteiger partial charge in [-0.25, -0.2) is 4.98 Å². The van der Waals surface area contributed by atoms with Crippen LogP contribution in [-0.2, 0) is 18.4 Å². The van der Waals surface area contributed by atoms with Crippen molar-refractivity contribution in [3.8, 4) is 0 Å². The molecular formula is C25H33N5. The first-order valence-corrected chi connectivity index (χ1v) is 10.7. The Bertz CT molecular complexity index is 913. The zero-order valence-electron chi connectivity index (χ0n) is 18.3. The SMILES string of the molecule is CCNC(=NCC(C)(C)c1ccccc1)NCCc1nccn1Cc1ccccc1. The lowest BCUT2D eigenvalue weighted by Gasteiger charge is -2.24. The van der Waals surface area contributed by atoms with Gasteiger partial charge in [0.25, 0.3) is 0 Å². The quantitative estimate of drug-likeness (QED) is 0.419. The first-order valence-electron chi connectivity index (χ1n) is 10.7. The van der Waals surface area contributed by atoms with Crippen molar-refractivity contribution in [1.82, 2.24) is 20.2 Å². The number of imidazole rings is 1. The third-order valence-corrected chi connectivity index (χ3v) is 5.17. The van der Waals surface area contributed by atoms with Crippen LogP contribution in [0.25, 0.3) is 0 Å². The minimum atomic E-state index is -0.0183. The fourth-order valence-electron chi connectivity index (χ4n) is 3.38. The average molecular weight is 404 g/mol. The lowest BCUT2D eigenvalue weighted by atomic mass is 9.85. The van der Waals surface area contributed by atoms with Gasteiger partial charge in [0.2, 0.25) is 0 Å². The highest BCUT2D eigenvalue weighted by atomic mass is 15.2. The Labute approximate surface area is 180 Å². The molecule has 1 heterocycles. The van der Waals surface area contributed by atoms with Crippen molar-refractivity contribution in [3.05, 3.63) is 90.0 Å². The molecule has 3 aromatic rings. The molecule has 0 aliphatic heterocycles. The van der Waals surface area contributed by atoms with E-state index in [0.717, 1.165) is 44.4 Å². The van der Waals surface area contributed by atoms with E-state index >= 15 is 0 Å². The Kier molecular flexibility index (Phi) is 7.66. The van der Waals surface area contributed by atoms with Gasteiger partial charge in [0.1, 0.15) is 5.82 Å². The van der Waals surface area contributed by atoms with Crippen molar-refractivity contribution >= 4 is 5.96 Å². The monoisotopic (exact) mass is 403 g/mol. The van der Waals surface area contributed by atoms with Crippen LogP contribution in [0.2, 0.25) is 0 Å². The van der Waals surface area contributed by atoms with Gasteiger partial charge in [-0.05, 0) is 18.1 Å². The first-order chi connectivity index (χ1) is 14.6. The third-order valence-electron chi connectivity index (χ3n) is 5.17. The van der Waals surface area contributed by atoms with Crippen molar-refractivity contribution < 1.29 is 0 Å². The standard InChI is InChI=1S/C25H33N5/c1-4-26-24(29-20-25(2,3)22-13-9-6-10-14-22)28-16-15-23-27-17-18-30(23)19-21-11-7-5-8-12-21/h5-14,17-18H,4,15-16,19-20H2,1-3H3,(H2,26,28,29). The van der Waals surface area contributed by atoms with Crippen molar-refractivity contribution in [2.45, 2.75) is 39.2 Å². The van der Waals surface area contributed by atoms with Crippen molar-refractivity contribution in [3.63, 3.8) is 0 Å². The summed E-state index contributed by atoms with van der Waals surface area (Å²) in [4.78, 5) is 9.38. The molecule has 1 aromatic heterocycles. The van der Waals surface area contributed by atoms with Gasteiger partial charge in [-0.15, -0.1) is 0 Å². The van der Waals surface area contributed by atoms with Crippen LogP contribution in [0.3, 0.4) is 0 Å². The highest BCUT2D eigenvalue weighted by molar-refractivity contribution is 5.79. The van der Waals surface area contributed by atoms with E-state index in [1.165, 1.54) is 11.1 Å². The van der Waals surface area contributed by atoms with Crippen molar-refractivity contribution in [2.75, 3.05) is 19.6 Å². The highest BCUT2D eigenvalue weighted by Crippen LogP contribution is 2.22. The lowest BCUT2D eigenvalue weighted by molar-refractivity contribution is 0.537. The summed E-state index contributed by atoms with van der Waals surface area (Å²) >= 11 is 0. The van der Waals surface area contributed by atoms with Gasteiger partial charge in [0, 0.05) is 43.9 Å². The second-order valence-electron chi connectivity index (χ2n) is 8.08. The van der Waals surface area contributed by atoms with Crippen LogP contribution < -0.4 is 10.6 Å². The summed E-state index contributed by atoms with van der Waals surface area (Å²) in [7, 11) is 0. The second kappa shape index (κ2) is 10.6. The van der Waals surface area contributed by atoms with E-state index < -0.39 is 0 Å². The number of hydrogen-bond donors (Lipinski definition) is 2. The summed E-state index contributed by atoms with van der Waals surface area (Å²) < 4.78 is 2.21. The number of nitrogens with zero attached hydrogens (tertiary/aromatic N) is 3. The molecule has 2 aromatic carbocycles. The zero-order chi connectivity index (χ0) is 21.2. The predicted molar refractivity (Wildman–Crippen MR) is 125 cm³/mol. The van der Waals surface area contributed by atoms with Crippen LogP contribution in [0.1, 0.15) is 37.7 Å². The Morgan fingerprint density at radius 2 is 1.70 bits per heavy atom. The minimum absolute atomic E-state index is 0.0183. The van der Waals surface area contributed by atoms with Crippen LogP contribution >= 0.6 is 0 Å². The Morgan fingerprint density at radius 1 is 1.00 bits per heavy atom. The Morgan fingerprint density at radius 3 is 2.40 bits per heavy atom. The van der Waals surface area contributed by atoms with Gasteiger partial charge in [-0.3, -0.25) is 4.99 Å². The molecule has 0 fully saturated rings. The van der Waals surface area contributed by atoms with Crippen molar-refractivity contribution in [1.29, 1.82) is 0 Å². The van der Waals surface area contributed by atoms with Crippen LogP contribution in [0.5, 0.6) is 0 Å². The summed E-state index contributed by atoms with van der Waals surface area (Å²) in [5.41, 5.74) is 2.56. The van der Waals surface area contributed by atoms with Gasteiger partial charge in [-0.1, -0.05) is 74.5 Å². The van der Waals surface area contributed by atoms with E-state index in [1.807, 2.05) is 18.5 Å². The fraction of sp³-hybridized carbons (Fsp3) is 0.360. The largest absolute Gasteiger partial charge is 0.357 e. The third kappa shape index (κ3) is 6.21. The van der Waals surface area contributed by atoms with Crippen LogP contribution in [-0.4, -0.2) is 35.1 Å². The van der Waals surface area contributed by atoms with Crippen molar-refractivity contribution in [2.24, 2.45) is 4.99 Å². The van der Waals surface area contributed by atoms with Gasteiger partial charge < -0.3 is 15.2 Å². The summed E-state index contributed by atoms with van der Waals surface area (Å²) in [6.07, 6.45) is 4.76. The molecule has 0 amide bonds. The molecule has 158 valence electrons. The van der Waals surface area contributed by atoms with Crippen LogP contribution in [0.15, 0.2) is 78.0 Å². The highest BCUT2D eigenvalue weighted by Gasteiger charge is 2.20.